The number of sulfonamides is 2. The van der Waals surface area contributed by atoms with Gasteiger partial charge in [0.15, 0.2) is 0 Å². The first-order chi connectivity index (χ1) is 14.1. The van der Waals surface area contributed by atoms with E-state index in [1.165, 1.54) is 14.7 Å². The minimum atomic E-state index is -3.74. The fourth-order valence-electron chi connectivity index (χ4n) is 3.78. The Labute approximate surface area is 178 Å². The first-order valence-electron chi connectivity index (χ1n) is 10.1. The molecule has 2 aliphatic rings. The number of benzene rings is 1. The number of amides is 1. The molecule has 168 valence electrons. The number of aryl methyl sites for hydroxylation is 1. The largest absolute Gasteiger partial charge is 0.379 e. The van der Waals surface area contributed by atoms with E-state index in [2.05, 4.69) is 5.32 Å². The summed E-state index contributed by atoms with van der Waals surface area (Å²) in [5, 5.41) is 2.86. The predicted molar refractivity (Wildman–Crippen MR) is 112 cm³/mol. The van der Waals surface area contributed by atoms with Crippen molar-refractivity contribution in [1.29, 1.82) is 0 Å². The maximum atomic E-state index is 13.2. The summed E-state index contributed by atoms with van der Waals surface area (Å²) in [6.45, 7) is 3.79. The quantitative estimate of drug-likeness (QED) is 0.660. The second-order valence-corrected chi connectivity index (χ2v) is 11.5. The van der Waals surface area contributed by atoms with E-state index in [-0.39, 0.29) is 36.1 Å². The fraction of sp³-hybridized carbons (Fsp3) is 0.632. The molecule has 0 bridgehead atoms. The minimum absolute atomic E-state index is 0.140. The Morgan fingerprint density at radius 2 is 1.83 bits per heavy atom. The Balaban J connectivity index is 1.81. The summed E-state index contributed by atoms with van der Waals surface area (Å²) in [6, 6.07) is 4.40. The summed E-state index contributed by atoms with van der Waals surface area (Å²) in [5.74, 6) is -0.406. The van der Waals surface area contributed by atoms with Crippen molar-refractivity contribution in [2.45, 2.75) is 37.1 Å². The van der Waals surface area contributed by atoms with E-state index in [4.69, 9.17) is 4.74 Å². The van der Waals surface area contributed by atoms with Crippen LogP contribution in [0.1, 0.15) is 35.7 Å². The third-order valence-electron chi connectivity index (χ3n) is 5.49. The smallest absolute Gasteiger partial charge is 0.251 e. The van der Waals surface area contributed by atoms with Gasteiger partial charge < -0.3 is 10.1 Å². The molecule has 3 rings (SSSR count). The fourth-order valence-corrected chi connectivity index (χ4v) is 6.42. The molecule has 1 unspecified atom stereocenters. The summed E-state index contributed by atoms with van der Waals surface area (Å²) in [4.78, 5) is 13.0. The summed E-state index contributed by atoms with van der Waals surface area (Å²) in [5.41, 5.74) is 0.898. The number of rotatable bonds is 6. The lowest BCUT2D eigenvalue weighted by Crippen LogP contribution is -2.49. The molecule has 1 amide bonds. The molecule has 11 heteroatoms. The van der Waals surface area contributed by atoms with Gasteiger partial charge in [-0.05, 0) is 37.0 Å². The van der Waals surface area contributed by atoms with Crippen LogP contribution in [0.4, 0.5) is 0 Å². The van der Waals surface area contributed by atoms with E-state index in [0.717, 1.165) is 6.26 Å². The lowest BCUT2D eigenvalue weighted by molar-refractivity contribution is 0.0730. The lowest BCUT2D eigenvalue weighted by atomic mass is 10.1. The van der Waals surface area contributed by atoms with Crippen LogP contribution in [-0.2, 0) is 31.2 Å². The van der Waals surface area contributed by atoms with Crippen molar-refractivity contribution in [2.75, 3.05) is 45.6 Å². The number of morpholine rings is 1. The van der Waals surface area contributed by atoms with Crippen molar-refractivity contribution in [1.82, 2.24) is 13.9 Å². The van der Waals surface area contributed by atoms with Crippen LogP contribution in [0, 0.1) is 0 Å². The third kappa shape index (κ3) is 5.20. The van der Waals surface area contributed by atoms with Crippen LogP contribution in [0.3, 0.4) is 0 Å². The average Bonchev–Trinajstić information content (AvgIpc) is 2.73. The molecule has 0 saturated carbocycles. The Bertz CT molecular complexity index is 988. The minimum Gasteiger partial charge on any atom is -0.379 e. The molecule has 2 fully saturated rings. The van der Waals surface area contributed by atoms with Crippen LogP contribution in [0.15, 0.2) is 23.1 Å². The van der Waals surface area contributed by atoms with Crippen molar-refractivity contribution >= 4 is 26.0 Å². The second kappa shape index (κ2) is 9.31. The molecule has 2 heterocycles. The van der Waals surface area contributed by atoms with Crippen molar-refractivity contribution < 1.29 is 26.4 Å². The standard InChI is InChI=1S/C19H29N3O6S2/c1-3-15-6-7-16(13-18(15)30(26,27)21-9-11-28-12-10-21)19(23)20-17-5-4-8-22(14-17)29(2,24)25/h6-7,13,17H,3-5,8-12,14H2,1-2H3,(H,20,23). The topological polar surface area (TPSA) is 113 Å². The number of hydrogen-bond acceptors (Lipinski definition) is 6. The van der Waals surface area contributed by atoms with E-state index in [0.29, 0.717) is 44.6 Å². The van der Waals surface area contributed by atoms with Gasteiger partial charge in [0.05, 0.1) is 24.4 Å². The molecule has 0 spiro atoms. The Hall–Kier alpha value is -1.53. The molecule has 1 aromatic rings. The van der Waals surface area contributed by atoms with Gasteiger partial charge in [0.1, 0.15) is 0 Å². The summed E-state index contributed by atoms with van der Waals surface area (Å²) >= 11 is 0. The van der Waals surface area contributed by atoms with E-state index in [9.17, 15) is 21.6 Å². The highest BCUT2D eigenvalue weighted by Crippen LogP contribution is 2.24. The number of nitrogens with zero attached hydrogens (tertiary/aromatic N) is 2. The van der Waals surface area contributed by atoms with Crippen LogP contribution >= 0.6 is 0 Å². The molecule has 30 heavy (non-hydrogen) atoms. The zero-order valence-electron chi connectivity index (χ0n) is 17.3. The number of ether oxygens (including phenoxy) is 1. The van der Waals surface area contributed by atoms with Gasteiger partial charge in [-0.25, -0.2) is 21.1 Å². The van der Waals surface area contributed by atoms with Gasteiger partial charge in [-0.15, -0.1) is 0 Å². The zero-order valence-corrected chi connectivity index (χ0v) is 19.0. The Morgan fingerprint density at radius 1 is 1.13 bits per heavy atom. The van der Waals surface area contributed by atoms with Gasteiger partial charge in [0.2, 0.25) is 20.0 Å². The number of hydrogen-bond donors (Lipinski definition) is 1. The second-order valence-electron chi connectivity index (χ2n) is 7.63. The van der Waals surface area contributed by atoms with E-state index in [1.807, 2.05) is 6.92 Å². The summed E-state index contributed by atoms with van der Waals surface area (Å²) in [6.07, 6.45) is 3.00. The molecule has 9 nitrogen and oxygen atoms in total. The molecule has 2 saturated heterocycles. The van der Waals surface area contributed by atoms with Gasteiger partial charge in [0, 0.05) is 37.8 Å². The van der Waals surface area contributed by atoms with E-state index < -0.39 is 26.0 Å². The van der Waals surface area contributed by atoms with Crippen LogP contribution in [-0.4, -0.2) is 83.0 Å². The number of piperidine rings is 1. The van der Waals surface area contributed by atoms with Gasteiger partial charge in [-0.1, -0.05) is 13.0 Å². The highest BCUT2D eigenvalue weighted by molar-refractivity contribution is 7.89. The van der Waals surface area contributed by atoms with E-state index >= 15 is 0 Å². The summed E-state index contributed by atoms with van der Waals surface area (Å²) in [7, 11) is -7.06. The van der Waals surface area contributed by atoms with Crippen LogP contribution in [0.2, 0.25) is 0 Å². The van der Waals surface area contributed by atoms with Crippen molar-refractivity contribution in [2.24, 2.45) is 0 Å². The molecule has 0 aromatic heterocycles. The molecule has 0 aliphatic carbocycles. The van der Waals surface area contributed by atoms with Gasteiger partial charge >= 0.3 is 0 Å². The van der Waals surface area contributed by atoms with Crippen molar-refractivity contribution in [3.63, 3.8) is 0 Å². The van der Waals surface area contributed by atoms with Crippen LogP contribution in [0.5, 0.6) is 0 Å². The monoisotopic (exact) mass is 459 g/mol. The average molecular weight is 460 g/mol. The molecule has 1 atom stereocenters. The molecular formula is C19H29N3O6S2. The molecule has 1 aromatic carbocycles. The van der Waals surface area contributed by atoms with Crippen molar-refractivity contribution in [3.05, 3.63) is 29.3 Å². The normalized spacial score (nSPS) is 22.0. The maximum Gasteiger partial charge on any atom is 0.251 e. The highest BCUT2D eigenvalue weighted by atomic mass is 32.2. The maximum absolute atomic E-state index is 13.2. The third-order valence-corrected chi connectivity index (χ3v) is 8.74. The lowest BCUT2D eigenvalue weighted by Gasteiger charge is -2.31. The number of carbonyl (C=O) groups is 1. The number of nitrogens with one attached hydrogen (secondary N) is 1. The van der Waals surface area contributed by atoms with Gasteiger partial charge in [-0.3, -0.25) is 4.79 Å². The SMILES string of the molecule is CCc1ccc(C(=O)NC2CCCN(S(C)(=O)=O)C2)cc1S(=O)(=O)N1CCOCC1. The van der Waals surface area contributed by atoms with Gasteiger partial charge in [0.25, 0.3) is 5.91 Å². The van der Waals surface area contributed by atoms with Gasteiger partial charge in [-0.2, -0.15) is 4.31 Å². The van der Waals surface area contributed by atoms with Crippen LogP contribution < -0.4 is 5.32 Å². The van der Waals surface area contributed by atoms with Crippen LogP contribution in [0.25, 0.3) is 0 Å². The Kier molecular flexibility index (Phi) is 7.18. The molecule has 1 N–H and O–H groups in total. The highest BCUT2D eigenvalue weighted by Gasteiger charge is 2.30. The molecule has 0 radical (unpaired) electrons. The predicted octanol–water partition coefficient (Wildman–Crippen LogP) is 0.424. The summed E-state index contributed by atoms with van der Waals surface area (Å²) < 4.78 is 57.9. The Morgan fingerprint density at radius 3 is 2.47 bits per heavy atom. The van der Waals surface area contributed by atoms with E-state index in [1.54, 1.807) is 12.1 Å². The molecular weight excluding hydrogens is 430 g/mol. The molecule has 2 aliphatic heterocycles. The van der Waals surface area contributed by atoms with Crippen molar-refractivity contribution in [3.8, 4) is 0 Å². The first kappa shape index (κ1) is 23.1. The number of carbonyl (C=O) groups excluding carboxylic acids is 1. The first-order valence-corrected chi connectivity index (χ1v) is 13.4. The zero-order chi connectivity index (χ0) is 21.9.